The number of hydrogen-bond acceptors (Lipinski definition) is 3. The van der Waals surface area contributed by atoms with Crippen LogP contribution in [0.15, 0.2) is 48.8 Å². The van der Waals surface area contributed by atoms with Crippen LogP contribution in [0, 0.1) is 16.7 Å². The van der Waals surface area contributed by atoms with Gasteiger partial charge in [-0.2, -0.15) is 5.26 Å². The largest absolute Gasteiger partial charge is 0.358 e. The molecule has 2 aromatic heterocycles. The van der Waals surface area contributed by atoms with Crippen molar-refractivity contribution >= 4 is 5.78 Å². The summed E-state index contributed by atoms with van der Waals surface area (Å²) in [5.74, 6) is 0.210. The van der Waals surface area contributed by atoms with Crippen molar-refractivity contribution in [3.63, 3.8) is 0 Å². The number of fused-ring (bicyclic) bond motifs is 1. The number of benzene rings is 1. The van der Waals surface area contributed by atoms with E-state index in [1.54, 1.807) is 12.4 Å². The van der Waals surface area contributed by atoms with Gasteiger partial charge in [0.15, 0.2) is 5.78 Å². The monoisotopic (exact) mass is 355 g/mol. The maximum Gasteiger partial charge on any atom is 0.165 e. The fourth-order valence-corrected chi connectivity index (χ4v) is 3.97. The third-order valence-corrected chi connectivity index (χ3v) is 5.19. The molecular weight excluding hydrogens is 334 g/mol. The molecule has 1 aromatic carbocycles. The Bertz CT molecular complexity index is 1040. The molecule has 0 unspecified atom stereocenters. The molecule has 0 amide bonds. The first-order valence-electron chi connectivity index (χ1n) is 9.13. The molecule has 0 atom stereocenters. The van der Waals surface area contributed by atoms with E-state index in [0.29, 0.717) is 18.4 Å². The minimum absolute atomic E-state index is 0.0316. The Morgan fingerprint density at radius 1 is 1.11 bits per heavy atom. The summed E-state index contributed by atoms with van der Waals surface area (Å²) >= 11 is 0. The number of carbonyl (C=O) groups is 1. The lowest BCUT2D eigenvalue weighted by molar-refractivity contribution is 0.0911. The molecule has 1 N–H and O–H groups in total. The zero-order valence-electron chi connectivity index (χ0n) is 15.5. The fourth-order valence-electron chi connectivity index (χ4n) is 3.97. The number of carbonyl (C=O) groups excluding carboxylic acids is 1. The third kappa shape index (κ3) is 3.29. The number of aromatic amines is 1. The van der Waals surface area contributed by atoms with Gasteiger partial charge >= 0.3 is 0 Å². The molecule has 4 heteroatoms. The van der Waals surface area contributed by atoms with Crippen molar-refractivity contribution in [1.29, 1.82) is 5.26 Å². The van der Waals surface area contributed by atoms with E-state index in [-0.39, 0.29) is 11.2 Å². The maximum atomic E-state index is 13.0. The molecule has 0 fully saturated rings. The third-order valence-electron chi connectivity index (χ3n) is 5.19. The van der Waals surface area contributed by atoms with Gasteiger partial charge in [0.25, 0.3) is 0 Å². The second-order valence-electron chi connectivity index (χ2n) is 7.99. The summed E-state index contributed by atoms with van der Waals surface area (Å²) in [7, 11) is 0. The lowest BCUT2D eigenvalue weighted by Gasteiger charge is -2.28. The van der Waals surface area contributed by atoms with Gasteiger partial charge in [0.2, 0.25) is 0 Å². The SMILES string of the molecule is CC1(C)CC(=O)c2c([nH]c(-c3ccncc3)c2Cc2ccc(C#N)cc2)C1. The summed E-state index contributed by atoms with van der Waals surface area (Å²) in [6, 6.07) is 13.7. The van der Waals surface area contributed by atoms with Crippen molar-refractivity contribution in [3.8, 4) is 17.3 Å². The van der Waals surface area contributed by atoms with Gasteiger partial charge in [0.1, 0.15) is 0 Å². The van der Waals surface area contributed by atoms with Gasteiger partial charge in [-0.1, -0.05) is 26.0 Å². The molecule has 1 aliphatic carbocycles. The fraction of sp³-hybridized carbons (Fsp3) is 0.261. The number of nitrogens with zero attached hydrogens (tertiary/aromatic N) is 2. The average Bonchev–Trinajstić information content (AvgIpc) is 3.00. The highest BCUT2D eigenvalue weighted by molar-refractivity contribution is 6.02. The van der Waals surface area contributed by atoms with E-state index in [4.69, 9.17) is 5.26 Å². The molecule has 0 saturated carbocycles. The minimum Gasteiger partial charge on any atom is -0.358 e. The summed E-state index contributed by atoms with van der Waals surface area (Å²) in [5, 5.41) is 9.01. The van der Waals surface area contributed by atoms with Crippen molar-refractivity contribution in [3.05, 3.63) is 76.7 Å². The van der Waals surface area contributed by atoms with Crippen LogP contribution < -0.4 is 0 Å². The zero-order chi connectivity index (χ0) is 19.0. The summed E-state index contributed by atoms with van der Waals surface area (Å²) < 4.78 is 0. The quantitative estimate of drug-likeness (QED) is 0.741. The molecule has 0 aliphatic heterocycles. The number of nitrogens with one attached hydrogen (secondary N) is 1. The van der Waals surface area contributed by atoms with E-state index in [0.717, 1.165) is 40.1 Å². The summed E-state index contributed by atoms with van der Waals surface area (Å²) in [6.07, 6.45) is 5.62. The Hall–Kier alpha value is -3.19. The lowest BCUT2D eigenvalue weighted by atomic mass is 9.75. The number of rotatable bonds is 3. The molecule has 0 spiro atoms. The smallest absolute Gasteiger partial charge is 0.165 e. The molecule has 2 heterocycles. The van der Waals surface area contributed by atoms with Crippen LogP contribution in [-0.4, -0.2) is 15.8 Å². The molecule has 134 valence electrons. The Balaban J connectivity index is 1.84. The zero-order valence-corrected chi connectivity index (χ0v) is 15.5. The van der Waals surface area contributed by atoms with E-state index in [2.05, 4.69) is 29.9 Å². The minimum atomic E-state index is -0.0316. The van der Waals surface area contributed by atoms with Crippen LogP contribution in [-0.2, 0) is 12.8 Å². The van der Waals surface area contributed by atoms with Gasteiger partial charge < -0.3 is 4.98 Å². The first kappa shape index (κ1) is 17.2. The summed E-state index contributed by atoms with van der Waals surface area (Å²) in [6.45, 7) is 4.28. The van der Waals surface area contributed by atoms with E-state index in [1.807, 2.05) is 36.4 Å². The Labute approximate surface area is 158 Å². The van der Waals surface area contributed by atoms with Gasteiger partial charge in [-0.05, 0) is 47.2 Å². The Kier molecular flexibility index (Phi) is 4.16. The predicted molar refractivity (Wildman–Crippen MR) is 104 cm³/mol. The maximum absolute atomic E-state index is 13.0. The molecule has 0 radical (unpaired) electrons. The van der Waals surface area contributed by atoms with Gasteiger partial charge in [-0.25, -0.2) is 0 Å². The van der Waals surface area contributed by atoms with E-state index < -0.39 is 0 Å². The number of H-pyrrole nitrogens is 1. The molecule has 0 saturated heterocycles. The van der Waals surface area contributed by atoms with Crippen LogP contribution in [0.4, 0.5) is 0 Å². The normalized spacial score (nSPS) is 15.2. The van der Waals surface area contributed by atoms with Crippen molar-refractivity contribution in [2.75, 3.05) is 0 Å². The molecular formula is C23H21N3O. The molecule has 4 rings (SSSR count). The highest BCUT2D eigenvalue weighted by atomic mass is 16.1. The van der Waals surface area contributed by atoms with E-state index in [9.17, 15) is 4.79 Å². The van der Waals surface area contributed by atoms with E-state index >= 15 is 0 Å². The first-order valence-corrected chi connectivity index (χ1v) is 9.13. The number of hydrogen-bond donors (Lipinski definition) is 1. The molecule has 4 nitrogen and oxygen atoms in total. The second-order valence-corrected chi connectivity index (χ2v) is 7.99. The van der Waals surface area contributed by atoms with Crippen molar-refractivity contribution < 1.29 is 4.79 Å². The summed E-state index contributed by atoms with van der Waals surface area (Å²) in [4.78, 5) is 20.6. The van der Waals surface area contributed by atoms with Crippen molar-refractivity contribution in [2.45, 2.75) is 33.1 Å². The highest BCUT2D eigenvalue weighted by Crippen LogP contribution is 2.40. The molecule has 3 aromatic rings. The predicted octanol–water partition coefficient (Wildman–Crippen LogP) is 4.69. The van der Waals surface area contributed by atoms with Gasteiger partial charge in [0, 0.05) is 42.1 Å². The molecule has 1 aliphatic rings. The van der Waals surface area contributed by atoms with Crippen LogP contribution >= 0.6 is 0 Å². The number of aromatic nitrogens is 2. The first-order chi connectivity index (χ1) is 13.0. The van der Waals surface area contributed by atoms with Crippen LogP contribution in [0.25, 0.3) is 11.3 Å². The van der Waals surface area contributed by atoms with Gasteiger partial charge in [-0.3, -0.25) is 9.78 Å². The number of nitriles is 1. The number of Topliss-reactive ketones (excluding diaryl/α,β-unsaturated/α-hetero) is 1. The molecule has 0 bridgehead atoms. The van der Waals surface area contributed by atoms with Crippen LogP contribution in [0.5, 0.6) is 0 Å². The highest BCUT2D eigenvalue weighted by Gasteiger charge is 2.35. The van der Waals surface area contributed by atoms with Crippen molar-refractivity contribution in [1.82, 2.24) is 9.97 Å². The number of pyridine rings is 1. The Morgan fingerprint density at radius 2 is 1.81 bits per heavy atom. The topological polar surface area (TPSA) is 69.5 Å². The van der Waals surface area contributed by atoms with E-state index in [1.165, 1.54) is 0 Å². The Morgan fingerprint density at radius 3 is 2.48 bits per heavy atom. The average molecular weight is 355 g/mol. The lowest BCUT2D eigenvalue weighted by Crippen LogP contribution is -2.27. The van der Waals surface area contributed by atoms with Crippen LogP contribution in [0.3, 0.4) is 0 Å². The van der Waals surface area contributed by atoms with Crippen LogP contribution in [0.2, 0.25) is 0 Å². The van der Waals surface area contributed by atoms with Crippen molar-refractivity contribution in [2.24, 2.45) is 5.41 Å². The number of ketones is 1. The van der Waals surface area contributed by atoms with Gasteiger partial charge in [0.05, 0.1) is 17.3 Å². The molecule has 27 heavy (non-hydrogen) atoms. The van der Waals surface area contributed by atoms with Crippen LogP contribution in [0.1, 0.15) is 53.0 Å². The summed E-state index contributed by atoms with van der Waals surface area (Å²) in [5.41, 5.74) is 6.66. The standard InChI is InChI=1S/C23H21N3O/c1-23(2)12-19-21(20(27)13-23)18(11-15-3-5-16(14-24)6-4-15)22(26-19)17-7-9-25-10-8-17/h3-10,26H,11-13H2,1-2H3. The second kappa shape index (κ2) is 6.51. The van der Waals surface area contributed by atoms with Gasteiger partial charge in [-0.15, -0.1) is 0 Å².